The molecule has 2 heteroatoms. The first kappa shape index (κ1) is 18.3. The van der Waals surface area contributed by atoms with E-state index in [0.717, 1.165) is 28.8 Å². The minimum atomic E-state index is -0.208. The molecule has 1 aromatic heterocycles. The highest BCUT2D eigenvalue weighted by Gasteiger charge is 2.03. The Balaban J connectivity index is 1.61. The van der Waals surface area contributed by atoms with Crippen LogP contribution >= 0.6 is 0 Å². The number of benzene rings is 2. The smallest absolute Gasteiger partial charge is 0.123 e. The Morgan fingerprint density at radius 1 is 0.692 bits per heavy atom. The van der Waals surface area contributed by atoms with Crippen LogP contribution in [0.2, 0.25) is 0 Å². The average molecular weight is 347 g/mol. The second kappa shape index (κ2) is 9.28. The van der Waals surface area contributed by atoms with Gasteiger partial charge in [0.25, 0.3) is 0 Å². The maximum atomic E-state index is 13.0. The van der Waals surface area contributed by atoms with Crippen molar-refractivity contribution in [2.45, 2.75) is 45.4 Å². The van der Waals surface area contributed by atoms with E-state index in [2.05, 4.69) is 48.3 Å². The van der Waals surface area contributed by atoms with Crippen LogP contribution in [0.25, 0.3) is 22.4 Å². The van der Waals surface area contributed by atoms with Crippen LogP contribution in [-0.4, -0.2) is 4.98 Å². The molecule has 0 aliphatic carbocycles. The number of halogens is 1. The number of aryl methyl sites for hydroxylation is 1. The van der Waals surface area contributed by atoms with Crippen LogP contribution in [-0.2, 0) is 6.42 Å². The van der Waals surface area contributed by atoms with Gasteiger partial charge in [0.2, 0.25) is 0 Å². The maximum absolute atomic E-state index is 13.0. The van der Waals surface area contributed by atoms with Crippen molar-refractivity contribution >= 4 is 0 Å². The summed E-state index contributed by atoms with van der Waals surface area (Å²) in [4.78, 5) is 4.63. The van der Waals surface area contributed by atoms with Gasteiger partial charge in [-0.05, 0) is 47.7 Å². The number of hydrogen-bond acceptors (Lipinski definition) is 1. The lowest BCUT2D eigenvalue weighted by Gasteiger charge is -2.06. The molecule has 0 saturated carbocycles. The van der Waals surface area contributed by atoms with Gasteiger partial charge in [-0.15, -0.1) is 0 Å². The summed E-state index contributed by atoms with van der Waals surface area (Å²) in [7, 11) is 0. The van der Waals surface area contributed by atoms with Gasteiger partial charge in [0, 0.05) is 11.8 Å². The molecule has 0 aliphatic rings. The summed E-state index contributed by atoms with van der Waals surface area (Å²) in [6.45, 7) is 2.24. The summed E-state index contributed by atoms with van der Waals surface area (Å²) in [6.07, 6.45) is 9.63. The fraction of sp³-hybridized carbons (Fsp3) is 0.292. The van der Waals surface area contributed by atoms with E-state index in [9.17, 15) is 4.39 Å². The van der Waals surface area contributed by atoms with E-state index < -0.39 is 0 Å². The summed E-state index contributed by atoms with van der Waals surface area (Å²) < 4.78 is 13.0. The third kappa shape index (κ3) is 5.01. The molecule has 0 bridgehead atoms. The first-order valence-corrected chi connectivity index (χ1v) is 9.57. The van der Waals surface area contributed by atoms with E-state index in [1.807, 2.05) is 6.20 Å². The Morgan fingerprint density at radius 3 is 1.92 bits per heavy atom. The summed E-state index contributed by atoms with van der Waals surface area (Å²) in [6, 6.07) is 19.2. The van der Waals surface area contributed by atoms with Gasteiger partial charge >= 0.3 is 0 Å². The fourth-order valence-electron chi connectivity index (χ4n) is 3.15. The number of aromatic nitrogens is 1. The predicted molar refractivity (Wildman–Crippen MR) is 108 cm³/mol. The number of rotatable bonds is 8. The molecule has 3 rings (SSSR count). The Morgan fingerprint density at radius 2 is 1.31 bits per heavy atom. The number of hydrogen-bond donors (Lipinski definition) is 0. The minimum Gasteiger partial charge on any atom is -0.256 e. The highest BCUT2D eigenvalue weighted by Crippen LogP contribution is 2.24. The lowest BCUT2D eigenvalue weighted by atomic mass is 10.0. The normalized spacial score (nSPS) is 10.8. The molecule has 0 fully saturated rings. The molecule has 0 spiro atoms. The van der Waals surface area contributed by atoms with Crippen molar-refractivity contribution in [1.29, 1.82) is 0 Å². The monoisotopic (exact) mass is 347 g/mol. The van der Waals surface area contributed by atoms with Crippen LogP contribution in [0.4, 0.5) is 4.39 Å². The molecule has 0 amide bonds. The zero-order valence-corrected chi connectivity index (χ0v) is 15.4. The summed E-state index contributed by atoms with van der Waals surface area (Å²) >= 11 is 0. The molecule has 1 nitrogen and oxygen atoms in total. The van der Waals surface area contributed by atoms with Gasteiger partial charge in [0.1, 0.15) is 5.82 Å². The molecule has 1 heterocycles. The molecular formula is C24H26FN. The van der Waals surface area contributed by atoms with Gasteiger partial charge in [0.05, 0.1) is 5.69 Å². The van der Waals surface area contributed by atoms with Crippen LogP contribution in [0.5, 0.6) is 0 Å². The Hall–Kier alpha value is -2.48. The third-order valence-electron chi connectivity index (χ3n) is 4.75. The van der Waals surface area contributed by atoms with Crippen LogP contribution in [0.3, 0.4) is 0 Å². The van der Waals surface area contributed by atoms with E-state index in [1.165, 1.54) is 49.8 Å². The topological polar surface area (TPSA) is 12.9 Å². The standard InChI is InChI=1S/C24H26FN/c1-2-3-4-5-6-7-19-8-17-24(26-18-19)22-11-9-20(10-12-22)21-13-15-23(25)16-14-21/h8-18H,2-7H2,1H3. The Bertz CT molecular complexity index is 789. The van der Waals surface area contributed by atoms with E-state index in [1.54, 1.807) is 12.1 Å². The number of pyridine rings is 1. The average Bonchev–Trinajstić information content (AvgIpc) is 2.69. The first-order valence-electron chi connectivity index (χ1n) is 9.57. The molecule has 0 aliphatic heterocycles. The third-order valence-corrected chi connectivity index (χ3v) is 4.75. The minimum absolute atomic E-state index is 0.208. The van der Waals surface area contributed by atoms with Crippen LogP contribution in [0.1, 0.15) is 44.6 Å². The Kier molecular flexibility index (Phi) is 6.54. The lowest BCUT2D eigenvalue weighted by Crippen LogP contribution is -1.90. The van der Waals surface area contributed by atoms with Gasteiger partial charge < -0.3 is 0 Å². The molecule has 0 atom stereocenters. The highest BCUT2D eigenvalue weighted by atomic mass is 19.1. The van der Waals surface area contributed by atoms with Gasteiger partial charge in [-0.25, -0.2) is 4.39 Å². The quantitative estimate of drug-likeness (QED) is 0.397. The Labute approximate surface area is 155 Å². The van der Waals surface area contributed by atoms with E-state index in [0.29, 0.717) is 0 Å². The SMILES string of the molecule is CCCCCCCc1ccc(-c2ccc(-c3ccc(F)cc3)cc2)nc1. The van der Waals surface area contributed by atoms with Crippen LogP contribution < -0.4 is 0 Å². The molecule has 26 heavy (non-hydrogen) atoms. The second-order valence-electron chi connectivity index (χ2n) is 6.80. The molecule has 0 saturated heterocycles. The predicted octanol–water partition coefficient (Wildman–Crippen LogP) is 7.07. The van der Waals surface area contributed by atoms with E-state index >= 15 is 0 Å². The first-order chi connectivity index (χ1) is 12.8. The second-order valence-corrected chi connectivity index (χ2v) is 6.80. The zero-order chi connectivity index (χ0) is 18.2. The fourth-order valence-corrected chi connectivity index (χ4v) is 3.15. The van der Waals surface area contributed by atoms with Crippen molar-refractivity contribution in [3.05, 3.63) is 78.2 Å². The largest absolute Gasteiger partial charge is 0.256 e. The zero-order valence-electron chi connectivity index (χ0n) is 15.4. The summed E-state index contributed by atoms with van der Waals surface area (Å²) in [5.74, 6) is -0.208. The van der Waals surface area contributed by atoms with Gasteiger partial charge in [0.15, 0.2) is 0 Å². The van der Waals surface area contributed by atoms with E-state index in [-0.39, 0.29) is 5.82 Å². The lowest BCUT2D eigenvalue weighted by molar-refractivity contribution is 0.628. The number of nitrogens with zero attached hydrogens (tertiary/aromatic N) is 1. The van der Waals surface area contributed by atoms with Crippen LogP contribution in [0, 0.1) is 5.82 Å². The molecule has 0 N–H and O–H groups in total. The summed E-state index contributed by atoms with van der Waals surface area (Å²) in [5.41, 5.74) is 5.51. The number of unbranched alkanes of at least 4 members (excludes halogenated alkanes) is 4. The van der Waals surface area contributed by atoms with E-state index in [4.69, 9.17) is 0 Å². The van der Waals surface area contributed by atoms with Crippen molar-refractivity contribution in [2.24, 2.45) is 0 Å². The van der Waals surface area contributed by atoms with Crippen molar-refractivity contribution in [3.8, 4) is 22.4 Å². The summed E-state index contributed by atoms with van der Waals surface area (Å²) in [5, 5.41) is 0. The molecular weight excluding hydrogens is 321 g/mol. The molecule has 0 radical (unpaired) electrons. The maximum Gasteiger partial charge on any atom is 0.123 e. The van der Waals surface area contributed by atoms with Crippen LogP contribution in [0.15, 0.2) is 66.9 Å². The van der Waals surface area contributed by atoms with Gasteiger partial charge in [-0.3, -0.25) is 4.98 Å². The van der Waals surface area contributed by atoms with Crippen molar-refractivity contribution in [3.63, 3.8) is 0 Å². The van der Waals surface area contributed by atoms with Crippen molar-refractivity contribution < 1.29 is 4.39 Å². The van der Waals surface area contributed by atoms with Crippen molar-refractivity contribution in [1.82, 2.24) is 4.98 Å². The molecule has 134 valence electrons. The molecule has 2 aromatic carbocycles. The van der Waals surface area contributed by atoms with Crippen molar-refractivity contribution in [2.75, 3.05) is 0 Å². The molecule has 3 aromatic rings. The van der Waals surface area contributed by atoms with Gasteiger partial charge in [-0.2, -0.15) is 0 Å². The van der Waals surface area contributed by atoms with Gasteiger partial charge in [-0.1, -0.05) is 75.1 Å². The molecule has 0 unspecified atom stereocenters. The highest BCUT2D eigenvalue weighted by molar-refractivity contribution is 5.68.